The lowest BCUT2D eigenvalue weighted by molar-refractivity contribution is -0.154. The smallest absolute Gasteiger partial charge is 0.338 e. The fourth-order valence-corrected chi connectivity index (χ4v) is 2.42. The van der Waals surface area contributed by atoms with Crippen LogP contribution in [-0.2, 0) is 20.7 Å². The fraction of sp³-hybridized carbons (Fsp3) is 0.412. The van der Waals surface area contributed by atoms with Gasteiger partial charge in [-0.3, -0.25) is 4.79 Å². The average molecular weight is 288 g/mol. The zero-order chi connectivity index (χ0) is 15.2. The summed E-state index contributed by atoms with van der Waals surface area (Å²) in [5.41, 5.74) is 1.55. The van der Waals surface area contributed by atoms with Gasteiger partial charge in [-0.15, -0.1) is 0 Å². The molecule has 1 heterocycles. The second-order valence-corrected chi connectivity index (χ2v) is 5.01. The largest absolute Gasteiger partial charge is 0.458 e. The van der Waals surface area contributed by atoms with E-state index in [-0.39, 0.29) is 18.4 Å². The lowest BCUT2D eigenvalue weighted by Gasteiger charge is -2.30. The second-order valence-electron chi connectivity index (χ2n) is 5.01. The van der Waals surface area contributed by atoms with Gasteiger partial charge in [-0.25, -0.2) is 4.79 Å². The minimum Gasteiger partial charge on any atom is -0.458 e. The quantitative estimate of drug-likeness (QED) is 0.617. The number of carbonyl (C=O) groups is 2. The van der Waals surface area contributed by atoms with E-state index in [1.165, 1.54) is 0 Å². The highest BCUT2D eigenvalue weighted by Crippen LogP contribution is 2.24. The van der Waals surface area contributed by atoms with Crippen molar-refractivity contribution in [1.29, 1.82) is 0 Å². The highest BCUT2D eigenvalue weighted by atomic mass is 16.6. The van der Waals surface area contributed by atoms with Crippen LogP contribution in [0, 0.1) is 0 Å². The Balaban J connectivity index is 2.07. The van der Waals surface area contributed by atoms with E-state index in [0.717, 1.165) is 5.56 Å². The molecule has 2 rings (SSSR count). The second kappa shape index (κ2) is 7.07. The van der Waals surface area contributed by atoms with Crippen LogP contribution < -0.4 is 0 Å². The van der Waals surface area contributed by atoms with Crippen molar-refractivity contribution in [1.82, 2.24) is 0 Å². The predicted octanol–water partition coefficient (Wildman–Crippen LogP) is 3.06. The lowest BCUT2D eigenvalue weighted by Crippen LogP contribution is -2.39. The van der Waals surface area contributed by atoms with Crippen molar-refractivity contribution >= 4 is 11.9 Å². The Morgan fingerprint density at radius 2 is 2.24 bits per heavy atom. The van der Waals surface area contributed by atoms with Crippen molar-refractivity contribution in [2.45, 2.75) is 45.3 Å². The maximum Gasteiger partial charge on any atom is 0.338 e. The van der Waals surface area contributed by atoms with Gasteiger partial charge in [-0.1, -0.05) is 37.3 Å². The molecule has 2 unspecified atom stereocenters. The minimum atomic E-state index is -0.410. The van der Waals surface area contributed by atoms with E-state index >= 15 is 0 Å². The molecule has 112 valence electrons. The van der Waals surface area contributed by atoms with Crippen LogP contribution in [0.2, 0.25) is 0 Å². The summed E-state index contributed by atoms with van der Waals surface area (Å²) in [5.74, 6) is -0.639. The van der Waals surface area contributed by atoms with Gasteiger partial charge in [0.1, 0.15) is 12.2 Å². The monoisotopic (exact) mass is 288 g/mol. The molecule has 0 radical (unpaired) electrons. The standard InChI is InChI=1S/C17H20O4/c1-3-5-10-16(18)20-14(4-2)15-11-12-8-6-7-9-13(12)17(19)21-15/h3,5-9,14-15H,4,10-11H2,1-2H3. The molecule has 4 nitrogen and oxygen atoms in total. The van der Waals surface area contributed by atoms with Gasteiger partial charge in [0.05, 0.1) is 12.0 Å². The molecule has 2 atom stereocenters. The molecule has 1 aliphatic heterocycles. The summed E-state index contributed by atoms with van der Waals surface area (Å²) in [7, 11) is 0. The van der Waals surface area contributed by atoms with Crippen LogP contribution in [0.15, 0.2) is 36.4 Å². The summed E-state index contributed by atoms with van der Waals surface area (Å²) in [6, 6.07) is 7.38. The molecule has 0 bridgehead atoms. The van der Waals surface area contributed by atoms with Gasteiger partial charge < -0.3 is 9.47 Å². The third kappa shape index (κ3) is 3.72. The summed E-state index contributed by atoms with van der Waals surface area (Å²) in [4.78, 5) is 23.7. The molecule has 0 aliphatic carbocycles. The first kappa shape index (κ1) is 15.3. The Bertz CT molecular complexity index is 547. The lowest BCUT2D eigenvalue weighted by atomic mass is 9.95. The minimum absolute atomic E-state index is 0.240. The molecule has 0 saturated carbocycles. The van der Waals surface area contributed by atoms with Crippen LogP contribution in [0.25, 0.3) is 0 Å². The average Bonchev–Trinajstić information content (AvgIpc) is 2.50. The molecule has 0 fully saturated rings. The first-order chi connectivity index (χ1) is 10.2. The molecule has 0 spiro atoms. The van der Waals surface area contributed by atoms with E-state index in [1.807, 2.05) is 32.0 Å². The third-order valence-electron chi connectivity index (χ3n) is 3.54. The fourth-order valence-electron chi connectivity index (χ4n) is 2.42. The molecule has 1 aliphatic rings. The number of carbonyl (C=O) groups excluding carboxylic acids is 2. The zero-order valence-corrected chi connectivity index (χ0v) is 12.4. The Kier molecular flexibility index (Phi) is 5.14. The molecular weight excluding hydrogens is 268 g/mol. The number of benzene rings is 1. The summed E-state index contributed by atoms with van der Waals surface area (Å²) in [5, 5.41) is 0. The molecule has 0 N–H and O–H groups in total. The van der Waals surface area contributed by atoms with Crippen molar-refractivity contribution in [3.05, 3.63) is 47.5 Å². The molecule has 4 heteroatoms. The van der Waals surface area contributed by atoms with Crippen molar-refractivity contribution in [2.75, 3.05) is 0 Å². The van der Waals surface area contributed by atoms with E-state index in [2.05, 4.69) is 0 Å². The normalized spacial score (nSPS) is 19.0. The van der Waals surface area contributed by atoms with E-state index in [9.17, 15) is 9.59 Å². The van der Waals surface area contributed by atoms with Gasteiger partial charge in [0.15, 0.2) is 0 Å². The Morgan fingerprint density at radius 3 is 2.95 bits per heavy atom. The van der Waals surface area contributed by atoms with E-state index < -0.39 is 12.2 Å². The summed E-state index contributed by atoms with van der Waals surface area (Å²) in [6.45, 7) is 3.77. The Morgan fingerprint density at radius 1 is 1.48 bits per heavy atom. The van der Waals surface area contributed by atoms with Crippen molar-refractivity contribution in [2.24, 2.45) is 0 Å². The van der Waals surface area contributed by atoms with Crippen LogP contribution >= 0.6 is 0 Å². The van der Waals surface area contributed by atoms with E-state index in [1.54, 1.807) is 18.2 Å². The highest BCUT2D eigenvalue weighted by molar-refractivity contribution is 5.92. The van der Waals surface area contributed by atoms with Crippen LogP contribution in [0.5, 0.6) is 0 Å². The number of allylic oxidation sites excluding steroid dienone is 1. The Hall–Kier alpha value is -2.10. The third-order valence-corrected chi connectivity index (χ3v) is 3.54. The maximum absolute atomic E-state index is 12.0. The zero-order valence-electron chi connectivity index (χ0n) is 12.4. The van der Waals surface area contributed by atoms with Crippen molar-refractivity contribution in [3.8, 4) is 0 Å². The number of rotatable bonds is 5. The predicted molar refractivity (Wildman–Crippen MR) is 79.0 cm³/mol. The van der Waals surface area contributed by atoms with E-state index in [0.29, 0.717) is 18.4 Å². The first-order valence-corrected chi connectivity index (χ1v) is 7.25. The molecule has 21 heavy (non-hydrogen) atoms. The van der Waals surface area contributed by atoms with Crippen LogP contribution in [0.4, 0.5) is 0 Å². The van der Waals surface area contributed by atoms with Gasteiger partial charge in [0.25, 0.3) is 0 Å². The van der Waals surface area contributed by atoms with Gasteiger partial charge in [0, 0.05) is 6.42 Å². The number of fused-ring (bicyclic) bond motifs is 1. The highest BCUT2D eigenvalue weighted by Gasteiger charge is 2.33. The van der Waals surface area contributed by atoms with Crippen LogP contribution in [0.1, 0.15) is 42.6 Å². The molecule has 1 aromatic rings. The van der Waals surface area contributed by atoms with Gasteiger partial charge >= 0.3 is 11.9 Å². The molecular formula is C17H20O4. The van der Waals surface area contributed by atoms with Crippen LogP contribution in [-0.4, -0.2) is 24.1 Å². The SMILES string of the molecule is CC=CCC(=O)OC(CC)C1Cc2ccccc2C(=O)O1. The number of hydrogen-bond acceptors (Lipinski definition) is 4. The summed E-state index contributed by atoms with van der Waals surface area (Å²) in [6.07, 6.45) is 4.17. The number of esters is 2. The summed E-state index contributed by atoms with van der Waals surface area (Å²) < 4.78 is 10.9. The van der Waals surface area contributed by atoms with Crippen molar-refractivity contribution < 1.29 is 19.1 Å². The topological polar surface area (TPSA) is 52.6 Å². The molecule has 0 amide bonds. The number of hydrogen-bond donors (Lipinski definition) is 0. The molecule has 0 saturated heterocycles. The first-order valence-electron chi connectivity index (χ1n) is 7.25. The Labute approximate surface area is 124 Å². The van der Waals surface area contributed by atoms with Crippen molar-refractivity contribution in [3.63, 3.8) is 0 Å². The summed E-state index contributed by atoms with van der Waals surface area (Å²) >= 11 is 0. The number of ether oxygens (including phenoxy) is 2. The maximum atomic E-state index is 12.0. The molecule has 1 aromatic carbocycles. The molecule has 0 aromatic heterocycles. The van der Waals surface area contributed by atoms with Gasteiger partial charge in [0.2, 0.25) is 0 Å². The number of cyclic esters (lactones) is 1. The van der Waals surface area contributed by atoms with Gasteiger partial charge in [-0.2, -0.15) is 0 Å². The van der Waals surface area contributed by atoms with Crippen LogP contribution in [0.3, 0.4) is 0 Å². The van der Waals surface area contributed by atoms with E-state index in [4.69, 9.17) is 9.47 Å². The van der Waals surface area contributed by atoms with Gasteiger partial charge in [-0.05, 0) is 25.0 Å².